The average Bonchev–Trinajstić information content (AvgIpc) is 3.08. The summed E-state index contributed by atoms with van der Waals surface area (Å²) in [5.41, 5.74) is 1.50. The highest BCUT2D eigenvalue weighted by Gasteiger charge is 2.30. The van der Waals surface area contributed by atoms with Gasteiger partial charge in [-0.25, -0.2) is 9.97 Å². The number of aromatic nitrogens is 3. The minimum absolute atomic E-state index is 0.121. The third-order valence-corrected chi connectivity index (χ3v) is 4.35. The molecule has 0 atom stereocenters. The molecule has 1 aliphatic rings. The molecule has 0 unspecified atom stereocenters. The minimum Gasteiger partial charge on any atom is -0.376 e. The number of fused-ring (bicyclic) bond motifs is 2. The van der Waals surface area contributed by atoms with Gasteiger partial charge in [-0.2, -0.15) is 13.2 Å². The second kappa shape index (κ2) is 6.66. The molecule has 1 aromatic carbocycles. The van der Waals surface area contributed by atoms with Crippen LogP contribution in [0.2, 0.25) is 0 Å². The van der Waals surface area contributed by atoms with E-state index >= 15 is 0 Å². The van der Waals surface area contributed by atoms with Gasteiger partial charge < -0.3 is 15.0 Å². The number of nitrogens with zero attached hydrogens (tertiary/aromatic N) is 2. The maximum absolute atomic E-state index is 12.8. The quantitative estimate of drug-likeness (QED) is 0.737. The number of alkyl halides is 3. The number of hydrogen-bond donors (Lipinski definition) is 2. The van der Waals surface area contributed by atoms with Crippen molar-refractivity contribution in [3.63, 3.8) is 0 Å². The zero-order chi connectivity index (χ0) is 19.0. The summed E-state index contributed by atoms with van der Waals surface area (Å²) in [7, 11) is 0. The first-order chi connectivity index (χ1) is 12.9. The van der Waals surface area contributed by atoms with E-state index in [1.54, 1.807) is 6.20 Å². The van der Waals surface area contributed by atoms with E-state index in [4.69, 9.17) is 4.74 Å². The molecule has 0 radical (unpaired) electrons. The van der Waals surface area contributed by atoms with Crippen molar-refractivity contribution in [2.24, 2.45) is 0 Å². The zero-order valence-corrected chi connectivity index (χ0v) is 14.1. The molecular weight excluding hydrogens is 361 g/mol. The van der Waals surface area contributed by atoms with Gasteiger partial charge in [-0.05, 0) is 18.2 Å². The summed E-state index contributed by atoms with van der Waals surface area (Å²) < 4.78 is 43.7. The molecule has 2 aromatic heterocycles. The lowest BCUT2D eigenvalue weighted by molar-refractivity contribution is -0.137. The molecule has 3 aromatic rings. The van der Waals surface area contributed by atoms with E-state index in [-0.39, 0.29) is 17.8 Å². The highest BCUT2D eigenvalue weighted by molar-refractivity contribution is 5.98. The Morgan fingerprint density at radius 2 is 2.15 bits per heavy atom. The number of carbonyl (C=O) groups is 1. The Bertz CT molecular complexity index is 1010. The van der Waals surface area contributed by atoms with Crippen LogP contribution in [0.5, 0.6) is 0 Å². The van der Waals surface area contributed by atoms with Crippen LogP contribution < -0.4 is 5.32 Å². The van der Waals surface area contributed by atoms with Gasteiger partial charge in [0.25, 0.3) is 5.91 Å². The Morgan fingerprint density at radius 3 is 2.96 bits per heavy atom. The van der Waals surface area contributed by atoms with Crippen LogP contribution in [0.4, 0.5) is 13.2 Å². The molecule has 0 bridgehead atoms. The van der Waals surface area contributed by atoms with Crippen LogP contribution in [0.25, 0.3) is 10.9 Å². The highest BCUT2D eigenvalue weighted by Crippen LogP contribution is 2.31. The molecule has 1 amide bonds. The van der Waals surface area contributed by atoms with Gasteiger partial charge >= 0.3 is 6.18 Å². The van der Waals surface area contributed by atoms with Crippen molar-refractivity contribution in [1.29, 1.82) is 0 Å². The SMILES string of the molecule is O=C(NCc1ncc2c(n1)CCOC2)c1cc2ccc(C(F)(F)F)cc2[nH]1. The predicted octanol–water partition coefficient (Wildman–Crippen LogP) is 2.98. The van der Waals surface area contributed by atoms with Gasteiger partial charge in [0.2, 0.25) is 0 Å². The van der Waals surface area contributed by atoms with E-state index in [2.05, 4.69) is 20.3 Å². The molecule has 140 valence electrons. The second-order valence-electron chi connectivity index (χ2n) is 6.23. The lowest BCUT2D eigenvalue weighted by atomic mass is 10.1. The van der Waals surface area contributed by atoms with Crippen molar-refractivity contribution in [3.8, 4) is 0 Å². The molecule has 0 saturated carbocycles. The number of halogens is 3. The molecule has 6 nitrogen and oxygen atoms in total. The smallest absolute Gasteiger partial charge is 0.376 e. The van der Waals surface area contributed by atoms with Crippen LogP contribution >= 0.6 is 0 Å². The fourth-order valence-corrected chi connectivity index (χ4v) is 2.94. The Labute approximate surface area is 151 Å². The fraction of sp³-hybridized carbons (Fsp3) is 0.278. The monoisotopic (exact) mass is 376 g/mol. The van der Waals surface area contributed by atoms with Crippen LogP contribution in [-0.4, -0.2) is 27.5 Å². The molecule has 0 fully saturated rings. The summed E-state index contributed by atoms with van der Waals surface area (Å²) in [6.07, 6.45) is -2.05. The summed E-state index contributed by atoms with van der Waals surface area (Å²) in [6, 6.07) is 4.82. The van der Waals surface area contributed by atoms with Crippen molar-refractivity contribution in [1.82, 2.24) is 20.3 Å². The lowest BCUT2D eigenvalue weighted by Gasteiger charge is -2.15. The summed E-state index contributed by atoms with van der Waals surface area (Å²) >= 11 is 0. The fourth-order valence-electron chi connectivity index (χ4n) is 2.94. The molecule has 1 aliphatic heterocycles. The summed E-state index contributed by atoms with van der Waals surface area (Å²) in [4.78, 5) is 23.7. The number of carbonyl (C=O) groups excluding carboxylic acids is 1. The number of benzene rings is 1. The number of amides is 1. The first kappa shape index (κ1) is 17.5. The predicted molar refractivity (Wildman–Crippen MR) is 89.9 cm³/mol. The van der Waals surface area contributed by atoms with Crippen LogP contribution in [0.1, 0.15) is 33.1 Å². The molecular formula is C18H15F3N4O2. The van der Waals surface area contributed by atoms with E-state index in [0.717, 1.165) is 23.4 Å². The first-order valence-corrected chi connectivity index (χ1v) is 8.30. The molecule has 0 aliphatic carbocycles. The number of nitrogens with one attached hydrogen (secondary N) is 2. The third-order valence-electron chi connectivity index (χ3n) is 4.35. The van der Waals surface area contributed by atoms with E-state index in [1.165, 1.54) is 12.1 Å². The Kier molecular flexibility index (Phi) is 4.31. The Morgan fingerprint density at radius 1 is 1.30 bits per heavy atom. The van der Waals surface area contributed by atoms with Gasteiger partial charge in [0.05, 0.1) is 31.0 Å². The molecule has 0 spiro atoms. The Balaban J connectivity index is 1.48. The van der Waals surface area contributed by atoms with Crippen LogP contribution in [0.3, 0.4) is 0 Å². The zero-order valence-electron chi connectivity index (χ0n) is 14.1. The summed E-state index contributed by atoms with van der Waals surface area (Å²) in [5, 5.41) is 3.21. The summed E-state index contributed by atoms with van der Waals surface area (Å²) in [5.74, 6) is 0.0314. The maximum Gasteiger partial charge on any atom is 0.416 e. The number of hydrogen-bond acceptors (Lipinski definition) is 4. The van der Waals surface area contributed by atoms with Crippen LogP contribution in [-0.2, 0) is 30.5 Å². The minimum atomic E-state index is -4.43. The van der Waals surface area contributed by atoms with E-state index in [0.29, 0.717) is 30.8 Å². The van der Waals surface area contributed by atoms with E-state index in [9.17, 15) is 18.0 Å². The van der Waals surface area contributed by atoms with Crippen LogP contribution in [0.15, 0.2) is 30.5 Å². The second-order valence-corrected chi connectivity index (χ2v) is 6.23. The molecule has 9 heteroatoms. The van der Waals surface area contributed by atoms with Crippen LogP contribution in [0, 0.1) is 0 Å². The number of aromatic amines is 1. The third kappa shape index (κ3) is 3.63. The van der Waals surface area contributed by atoms with Crippen molar-refractivity contribution in [2.75, 3.05) is 6.61 Å². The van der Waals surface area contributed by atoms with Crippen molar-refractivity contribution in [3.05, 3.63) is 58.8 Å². The van der Waals surface area contributed by atoms with Crippen molar-refractivity contribution < 1.29 is 22.7 Å². The molecule has 0 saturated heterocycles. The van der Waals surface area contributed by atoms with Gasteiger partial charge in [-0.3, -0.25) is 4.79 Å². The molecule has 3 heterocycles. The number of ether oxygens (including phenoxy) is 1. The molecule has 4 rings (SSSR count). The largest absolute Gasteiger partial charge is 0.416 e. The number of H-pyrrole nitrogens is 1. The van der Waals surface area contributed by atoms with Gasteiger partial charge in [0, 0.05) is 29.1 Å². The van der Waals surface area contributed by atoms with E-state index < -0.39 is 17.6 Å². The lowest BCUT2D eigenvalue weighted by Crippen LogP contribution is -2.25. The molecule has 2 N–H and O–H groups in total. The van der Waals surface area contributed by atoms with Gasteiger partial charge in [-0.15, -0.1) is 0 Å². The maximum atomic E-state index is 12.8. The standard InChI is InChI=1S/C18H15F3N4O2/c19-18(20,21)12-2-1-10-5-15(24-14(10)6-12)17(26)23-8-16-22-7-11-9-27-4-3-13(11)25-16/h1-2,5-7,24H,3-4,8-9H2,(H,23,26). The van der Waals surface area contributed by atoms with Crippen molar-refractivity contribution >= 4 is 16.8 Å². The Hall–Kier alpha value is -2.94. The van der Waals surface area contributed by atoms with Crippen molar-refractivity contribution in [2.45, 2.75) is 25.7 Å². The van der Waals surface area contributed by atoms with Gasteiger partial charge in [0.15, 0.2) is 0 Å². The first-order valence-electron chi connectivity index (χ1n) is 8.30. The molecule has 27 heavy (non-hydrogen) atoms. The van der Waals surface area contributed by atoms with Gasteiger partial charge in [-0.1, -0.05) is 6.07 Å². The average molecular weight is 376 g/mol. The normalized spacial score (nSPS) is 14.2. The topological polar surface area (TPSA) is 79.9 Å². The highest BCUT2D eigenvalue weighted by atomic mass is 19.4. The van der Waals surface area contributed by atoms with E-state index in [1.807, 2.05) is 0 Å². The summed E-state index contributed by atoms with van der Waals surface area (Å²) in [6.45, 7) is 1.21. The van der Waals surface area contributed by atoms with Gasteiger partial charge in [0.1, 0.15) is 11.5 Å². The number of rotatable bonds is 3.